The van der Waals surface area contributed by atoms with Gasteiger partial charge in [-0.05, 0) is 19.4 Å². The molecule has 2 aliphatic rings. The summed E-state index contributed by atoms with van der Waals surface area (Å²) < 4.78 is 0. The number of aliphatic hydroxyl groups is 1. The number of likely N-dealkylation sites (N-methyl/N-ethyl adjacent to an activating group) is 1. The van der Waals surface area contributed by atoms with Gasteiger partial charge in [0.15, 0.2) is 0 Å². The van der Waals surface area contributed by atoms with Gasteiger partial charge in [0.2, 0.25) is 5.91 Å². The molecule has 2 rings (SSSR count). The van der Waals surface area contributed by atoms with Crippen molar-refractivity contribution < 1.29 is 9.90 Å². The molecule has 0 radical (unpaired) electrons. The number of aliphatic hydroxyl groups excluding tert-OH is 1. The first-order chi connectivity index (χ1) is 10.5. The van der Waals surface area contributed by atoms with E-state index in [-0.39, 0.29) is 17.4 Å². The van der Waals surface area contributed by atoms with E-state index in [9.17, 15) is 9.90 Å². The van der Waals surface area contributed by atoms with E-state index in [1.807, 2.05) is 0 Å². The van der Waals surface area contributed by atoms with Crippen LogP contribution in [0.25, 0.3) is 0 Å². The Bertz CT molecular complexity index is 356. The Morgan fingerprint density at radius 1 is 1.23 bits per heavy atom. The predicted octanol–water partition coefficient (Wildman–Crippen LogP) is 1.07. The molecular formula is C17H33N3O2. The van der Waals surface area contributed by atoms with Crippen molar-refractivity contribution >= 4 is 5.91 Å². The van der Waals surface area contributed by atoms with Crippen LogP contribution in [0.2, 0.25) is 0 Å². The van der Waals surface area contributed by atoms with E-state index >= 15 is 0 Å². The summed E-state index contributed by atoms with van der Waals surface area (Å²) in [7, 11) is 0. The number of amides is 1. The highest BCUT2D eigenvalue weighted by Crippen LogP contribution is 2.35. The average molecular weight is 311 g/mol. The summed E-state index contributed by atoms with van der Waals surface area (Å²) >= 11 is 0. The Kier molecular flexibility index (Phi) is 6.66. The molecule has 22 heavy (non-hydrogen) atoms. The van der Waals surface area contributed by atoms with Gasteiger partial charge in [0.05, 0.1) is 6.10 Å². The lowest BCUT2D eigenvalue weighted by atomic mass is 9.73. The SMILES string of the molecule is CCN1CCN(CCC(=O)NC[C@]2(C)CCCC[C@H]2O)CC1. The molecule has 1 aliphatic heterocycles. The highest BCUT2D eigenvalue weighted by Gasteiger charge is 2.35. The molecular weight excluding hydrogens is 278 g/mol. The third-order valence-electron chi connectivity index (χ3n) is 5.54. The zero-order valence-corrected chi connectivity index (χ0v) is 14.3. The Labute approximate surface area is 135 Å². The summed E-state index contributed by atoms with van der Waals surface area (Å²) in [4.78, 5) is 16.9. The second kappa shape index (κ2) is 8.27. The molecule has 2 N–H and O–H groups in total. The van der Waals surface area contributed by atoms with Crippen molar-refractivity contribution in [3.63, 3.8) is 0 Å². The van der Waals surface area contributed by atoms with Crippen molar-refractivity contribution in [3.05, 3.63) is 0 Å². The number of hydrogen-bond donors (Lipinski definition) is 2. The van der Waals surface area contributed by atoms with E-state index in [0.29, 0.717) is 13.0 Å². The summed E-state index contributed by atoms with van der Waals surface area (Å²) in [6.07, 6.45) is 4.43. The summed E-state index contributed by atoms with van der Waals surface area (Å²) in [5.74, 6) is 0.122. The molecule has 2 fully saturated rings. The minimum absolute atomic E-state index is 0.122. The number of carbonyl (C=O) groups excluding carboxylic acids is 1. The monoisotopic (exact) mass is 311 g/mol. The maximum Gasteiger partial charge on any atom is 0.221 e. The minimum atomic E-state index is -0.274. The molecule has 128 valence electrons. The molecule has 1 saturated carbocycles. The fourth-order valence-corrected chi connectivity index (χ4v) is 3.57. The molecule has 0 bridgehead atoms. The number of hydrogen-bond acceptors (Lipinski definition) is 4. The van der Waals surface area contributed by atoms with Crippen LogP contribution >= 0.6 is 0 Å². The maximum absolute atomic E-state index is 12.1. The molecule has 1 heterocycles. The van der Waals surface area contributed by atoms with Gasteiger partial charge >= 0.3 is 0 Å². The zero-order valence-electron chi connectivity index (χ0n) is 14.3. The average Bonchev–Trinajstić information content (AvgIpc) is 2.54. The Morgan fingerprint density at radius 2 is 1.91 bits per heavy atom. The topological polar surface area (TPSA) is 55.8 Å². The number of nitrogens with zero attached hydrogens (tertiary/aromatic N) is 2. The first-order valence-electron chi connectivity index (χ1n) is 8.93. The molecule has 0 aromatic rings. The number of piperazine rings is 1. The number of rotatable bonds is 6. The second-order valence-corrected chi connectivity index (χ2v) is 7.22. The van der Waals surface area contributed by atoms with Crippen molar-refractivity contribution in [2.24, 2.45) is 5.41 Å². The summed E-state index contributed by atoms with van der Waals surface area (Å²) in [6.45, 7) is 11.2. The van der Waals surface area contributed by atoms with Crippen molar-refractivity contribution in [2.75, 3.05) is 45.8 Å². The molecule has 5 nitrogen and oxygen atoms in total. The molecule has 0 unspecified atom stereocenters. The number of carbonyl (C=O) groups is 1. The van der Waals surface area contributed by atoms with Gasteiger partial charge in [-0.1, -0.05) is 26.7 Å². The van der Waals surface area contributed by atoms with Crippen molar-refractivity contribution in [1.29, 1.82) is 0 Å². The van der Waals surface area contributed by atoms with Gasteiger partial charge in [-0.2, -0.15) is 0 Å². The molecule has 0 spiro atoms. The summed E-state index contributed by atoms with van der Waals surface area (Å²) in [5, 5.41) is 13.2. The predicted molar refractivity (Wildman–Crippen MR) is 88.8 cm³/mol. The Morgan fingerprint density at radius 3 is 2.55 bits per heavy atom. The first kappa shape index (κ1) is 17.7. The zero-order chi connectivity index (χ0) is 16.0. The number of nitrogens with one attached hydrogen (secondary N) is 1. The van der Waals surface area contributed by atoms with E-state index in [0.717, 1.165) is 65.0 Å². The van der Waals surface area contributed by atoms with E-state index in [1.54, 1.807) is 0 Å². The van der Waals surface area contributed by atoms with Crippen LogP contribution in [0, 0.1) is 5.41 Å². The minimum Gasteiger partial charge on any atom is -0.392 e. The normalized spacial score (nSPS) is 31.1. The standard InChI is InChI=1S/C17H33N3O2/c1-3-19-10-12-20(13-11-19)9-7-16(22)18-14-17(2)8-5-4-6-15(17)21/h15,21H,3-14H2,1-2H3,(H,18,22)/t15-,17+/m1/s1. The van der Waals surface area contributed by atoms with Gasteiger partial charge in [0.1, 0.15) is 0 Å². The van der Waals surface area contributed by atoms with Gasteiger partial charge in [0.25, 0.3) is 0 Å². The van der Waals surface area contributed by atoms with Crippen molar-refractivity contribution in [2.45, 2.75) is 52.1 Å². The van der Waals surface area contributed by atoms with Gasteiger partial charge in [-0.3, -0.25) is 4.79 Å². The Hall–Kier alpha value is -0.650. The fraction of sp³-hybridized carbons (Fsp3) is 0.941. The van der Waals surface area contributed by atoms with E-state index < -0.39 is 0 Å². The Balaban J connectivity index is 1.64. The van der Waals surface area contributed by atoms with Crippen LogP contribution in [0.1, 0.15) is 46.0 Å². The van der Waals surface area contributed by atoms with Crippen LogP contribution in [-0.2, 0) is 4.79 Å². The molecule has 1 saturated heterocycles. The van der Waals surface area contributed by atoms with E-state index in [4.69, 9.17) is 0 Å². The molecule has 5 heteroatoms. The van der Waals surface area contributed by atoms with E-state index in [2.05, 4.69) is 29.0 Å². The quantitative estimate of drug-likeness (QED) is 0.770. The first-order valence-corrected chi connectivity index (χ1v) is 8.93. The van der Waals surface area contributed by atoms with Crippen molar-refractivity contribution in [1.82, 2.24) is 15.1 Å². The van der Waals surface area contributed by atoms with Gasteiger partial charge in [0, 0.05) is 51.1 Å². The molecule has 1 aliphatic carbocycles. The lowest BCUT2D eigenvalue weighted by Gasteiger charge is -2.38. The lowest BCUT2D eigenvalue weighted by molar-refractivity contribution is -0.122. The lowest BCUT2D eigenvalue weighted by Crippen LogP contribution is -2.48. The summed E-state index contributed by atoms with van der Waals surface area (Å²) in [5.41, 5.74) is -0.138. The smallest absolute Gasteiger partial charge is 0.221 e. The molecule has 1 amide bonds. The van der Waals surface area contributed by atoms with Crippen LogP contribution in [-0.4, -0.2) is 72.7 Å². The van der Waals surface area contributed by atoms with Crippen LogP contribution in [0.4, 0.5) is 0 Å². The third kappa shape index (κ3) is 4.93. The van der Waals surface area contributed by atoms with Crippen LogP contribution < -0.4 is 5.32 Å². The van der Waals surface area contributed by atoms with Crippen molar-refractivity contribution in [3.8, 4) is 0 Å². The van der Waals surface area contributed by atoms with Crippen LogP contribution in [0.5, 0.6) is 0 Å². The van der Waals surface area contributed by atoms with Crippen LogP contribution in [0.3, 0.4) is 0 Å². The van der Waals surface area contributed by atoms with Gasteiger partial charge in [-0.25, -0.2) is 0 Å². The van der Waals surface area contributed by atoms with Crippen LogP contribution in [0.15, 0.2) is 0 Å². The van der Waals surface area contributed by atoms with E-state index in [1.165, 1.54) is 0 Å². The maximum atomic E-state index is 12.1. The summed E-state index contributed by atoms with van der Waals surface area (Å²) in [6, 6.07) is 0. The molecule has 2 atom stereocenters. The second-order valence-electron chi connectivity index (χ2n) is 7.22. The molecule has 0 aromatic carbocycles. The largest absolute Gasteiger partial charge is 0.392 e. The highest BCUT2D eigenvalue weighted by atomic mass is 16.3. The third-order valence-corrected chi connectivity index (χ3v) is 5.54. The highest BCUT2D eigenvalue weighted by molar-refractivity contribution is 5.76. The van der Waals surface area contributed by atoms with Gasteiger partial charge < -0.3 is 20.2 Å². The molecule has 0 aromatic heterocycles. The fourth-order valence-electron chi connectivity index (χ4n) is 3.57. The van der Waals surface area contributed by atoms with Gasteiger partial charge in [-0.15, -0.1) is 0 Å².